The van der Waals surface area contributed by atoms with Crippen LogP contribution in [-0.4, -0.2) is 18.9 Å². The van der Waals surface area contributed by atoms with E-state index in [0.29, 0.717) is 12.5 Å². The summed E-state index contributed by atoms with van der Waals surface area (Å²) in [4.78, 5) is 11.3. The van der Waals surface area contributed by atoms with E-state index in [1.165, 1.54) is 31.5 Å². The molecule has 0 spiro atoms. The van der Waals surface area contributed by atoms with Gasteiger partial charge in [-0.2, -0.15) is 0 Å². The second kappa shape index (κ2) is 5.34. The zero-order chi connectivity index (χ0) is 14.0. The SMILES string of the molecule is NC(=O)c1cc(S(N)(=O)=O)cn1CC1CCCCC1. The van der Waals surface area contributed by atoms with Crippen molar-refractivity contribution in [3.8, 4) is 0 Å². The predicted molar refractivity (Wildman–Crippen MR) is 70.9 cm³/mol. The molecule has 19 heavy (non-hydrogen) atoms. The minimum absolute atomic E-state index is 0.0582. The fourth-order valence-electron chi connectivity index (χ4n) is 2.65. The van der Waals surface area contributed by atoms with E-state index in [1.54, 1.807) is 4.57 Å². The molecule has 1 aromatic heterocycles. The highest BCUT2D eigenvalue weighted by atomic mass is 32.2. The van der Waals surface area contributed by atoms with Gasteiger partial charge >= 0.3 is 0 Å². The monoisotopic (exact) mass is 285 g/mol. The number of carbonyl (C=O) groups excluding carboxylic acids is 1. The second-order valence-corrected chi connectivity index (χ2v) is 6.69. The smallest absolute Gasteiger partial charge is 0.265 e. The van der Waals surface area contributed by atoms with Crippen LogP contribution in [0.5, 0.6) is 0 Å². The molecule has 0 aliphatic heterocycles. The lowest BCUT2D eigenvalue weighted by molar-refractivity contribution is 0.0989. The minimum Gasteiger partial charge on any atom is -0.364 e. The van der Waals surface area contributed by atoms with E-state index in [1.807, 2.05) is 0 Å². The van der Waals surface area contributed by atoms with Crippen molar-refractivity contribution < 1.29 is 13.2 Å². The Morgan fingerprint density at radius 3 is 2.47 bits per heavy atom. The maximum absolute atomic E-state index is 11.4. The average molecular weight is 285 g/mol. The Balaban J connectivity index is 2.27. The van der Waals surface area contributed by atoms with Crippen LogP contribution in [0, 0.1) is 5.92 Å². The molecule has 1 aliphatic rings. The van der Waals surface area contributed by atoms with Crippen molar-refractivity contribution in [3.63, 3.8) is 0 Å². The number of primary amides is 1. The largest absolute Gasteiger partial charge is 0.364 e. The van der Waals surface area contributed by atoms with E-state index in [-0.39, 0.29) is 10.6 Å². The number of aromatic nitrogens is 1. The van der Waals surface area contributed by atoms with Crippen molar-refractivity contribution in [2.75, 3.05) is 0 Å². The molecule has 1 fully saturated rings. The van der Waals surface area contributed by atoms with Gasteiger partial charge in [0, 0.05) is 12.7 Å². The molecule has 1 aliphatic carbocycles. The summed E-state index contributed by atoms with van der Waals surface area (Å²) in [5.74, 6) is -0.168. The van der Waals surface area contributed by atoms with Crippen LogP contribution in [0.4, 0.5) is 0 Å². The summed E-state index contributed by atoms with van der Waals surface area (Å²) in [6.45, 7) is 0.619. The highest BCUT2D eigenvalue weighted by Crippen LogP contribution is 2.26. The lowest BCUT2D eigenvalue weighted by atomic mass is 9.89. The van der Waals surface area contributed by atoms with Gasteiger partial charge in [-0.3, -0.25) is 4.79 Å². The zero-order valence-corrected chi connectivity index (χ0v) is 11.5. The van der Waals surface area contributed by atoms with Crippen molar-refractivity contribution in [3.05, 3.63) is 18.0 Å². The van der Waals surface area contributed by atoms with Crippen LogP contribution in [0.15, 0.2) is 17.2 Å². The highest BCUT2D eigenvalue weighted by Gasteiger charge is 2.20. The molecule has 6 nitrogen and oxygen atoms in total. The molecular weight excluding hydrogens is 266 g/mol. The summed E-state index contributed by atoms with van der Waals surface area (Å²) in [6, 6.07) is 1.25. The minimum atomic E-state index is -3.81. The predicted octanol–water partition coefficient (Wildman–Crippen LogP) is 0.815. The number of hydrogen-bond acceptors (Lipinski definition) is 3. The van der Waals surface area contributed by atoms with Crippen LogP contribution in [-0.2, 0) is 16.6 Å². The first kappa shape index (κ1) is 14.1. The number of rotatable bonds is 4. The molecule has 0 radical (unpaired) electrons. The molecule has 4 N–H and O–H groups in total. The number of nitrogens with zero attached hydrogens (tertiary/aromatic N) is 1. The summed E-state index contributed by atoms with van der Waals surface area (Å²) in [6.07, 6.45) is 7.21. The van der Waals surface area contributed by atoms with Gasteiger partial charge in [0.25, 0.3) is 5.91 Å². The van der Waals surface area contributed by atoms with Gasteiger partial charge in [0.1, 0.15) is 10.6 Å². The van der Waals surface area contributed by atoms with E-state index in [4.69, 9.17) is 10.9 Å². The molecule has 0 aromatic carbocycles. The molecule has 1 heterocycles. The molecule has 1 amide bonds. The number of primary sulfonamides is 1. The molecule has 0 unspecified atom stereocenters. The van der Waals surface area contributed by atoms with Gasteiger partial charge < -0.3 is 10.3 Å². The maximum Gasteiger partial charge on any atom is 0.265 e. The van der Waals surface area contributed by atoms with Crippen LogP contribution >= 0.6 is 0 Å². The van der Waals surface area contributed by atoms with Gasteiger partial charge in [0.05, 0.1) is 0 Å². The molecule has 2 rings (SSSR count). The third-order valence-corrected chi connectivity index (χ3v) is 4.51. The van der Waals surface area contributed by atoms with E-state index in [0.717, 1.165) is 12.8 Å². The number of carbonyl (C=O) groups is 1. The van der Waals surface area contributed by atoms with E-state index >= 15 is 0 Å². The quantitative estimate of drug-likeness (QED) is 0.854. The number of hydrogen-bond donors (Lipinski definition) is 2. The van der Waals surface area contributed by atoms with Crippen LogP contribution in [0.3, 0.4) is 0 Å². The van der Waals surface area contributed by atoms with Crippen molar-refractivity contribution >= 4 is 15.9 Å². The van der Waals surface area contributed by atoms with E-state index < -0.39 is 15.9 Å². The normalized spacial score (nSPS) is 17.5. The fourth-order valence-corrected chi connectivity index (χ4v) is 3.20. The van der Waals surface area contributed by atoms with Crippen molar-refractivity contribution in [1.29, 1.82) is 0 Å². The first-order valence-electron chi connectivity index (χ1n) is 6.40. The summed E-state index contributed by atoms with van der Waals surface area (Å²) in [5, 5.41) is 5.08. The lowest BCUT2D eigenvalue weighted by Gasteiger charge is -2.22. The van der Waals surface area contributed by atoms with Crippen LogP contribution in [0.25, 0.3) is 0 Å². The molecule has 0 saturated heterocycles. The third kappa shape index (κ3) is 3.36. The van der Waals surface area contributed by atoms with Gasteiger partial charge in [0.2, 0.25) is 10.0 Å². The van der Waals surface area contributed by atoms with Gasteiger partial charge in [0.15, 0.2) is 0 Å². The number of amides is 1. The molecule has 7 heteroatoms. The van der Waals surface area contributed by atoms with Crippen molar-refractivity contribution in [2.24, 2.45) is 16.8 Å². The topological polar surface area (TPSA) is 108 Å². The molecule has 1 aromatic rings. The molecule has 0 atom stereocenters. The first-order valence-corrected chi connectivity index (χ1v) is 7.95. The van der Waals surface area contributed by atoms with Gasteiger partial charge in [-0.25, -0.2) is 13.6 Å². The molecular formula is C12H19N3O3S. The zero-order valence-electron chi connectivity index (χ0n) is 10.7. The first-order chi connectivity index (χ1) is 8.88. The van der Waals surface area contributed by atoms with Crippen LogP contribution < -0.4 is 10.9 Å². The Bertz CT molecular complexity index is 571. The Morgan fingerprint density at radius 2 is 1.95 bits per heavy atom. The Labute approximate surface area is 112 Å². The van der Waals surface area contributed by atoms with Gasteiger partial charge in [-0.1, -0.05) is 19.3 Å². The molecule has 0 bridgehead atoms. The van der Waals surface area contributed by atoms with E-state index in [9.17, 15) is 13.2 Å². The Kier molecular flexibility index (Phi) is 3.96. The Hall–Kier alpha value is -1.34. The van der Waals surface area contributed by atoms with E-state index in [2.05, 4.69) is 0 Å². The standard InChI is InChI=1S/C12H19N3O3S/c13-12(16)11-6-10(19(14,17)18)8-15(11)7-9-4-2-1-3-5-9/h6,8-9H,1-5,7H2,(H2,13,16)(H2,14,17,18). The average Bonchev–Trinajstić information content (AvgIpc) is 2.74. The number of nitrogens with two attached hydrogens (primary N) is 2. The summed E-state index contributed by atoms with van der Waals surface area (Å²) in [7, 11) is -3.81. The number of sulfonamides is 1. The van der Waals surface area contributed by atoms with Crippen molar-refractivity contribution in [1.82, 2.24) is 4.57 Å². The van der Waals surface area contributed by atoms with Crippen LogP contribution in [0.1, 0.15) is 42.6 Å². The molecule has 106 valence electrons. The van der Waals surface area contributed by atoms with Crippen molar-refractivity contribution in [2.45, 2.75) is 43.5 Å². The molecule has 1 saturated carbocycles. The third-order valence-electron chi connectivity index (χ3n) is 3.63. The summed E-state index contributed by atoms with van der Waals surface area (Å²) in [5.41, 5.74) is 5.48. The van der Waals surface area contributed by atoms with Gasteiger partial charge in [-0.15, -0.1) is 0 Å². The maximum atomic E-state index is 11.4. The van der Waals surface area contributed by atoms with Crippen LogP contribution in [0.2, 0.25) is 0 Å². The lowest BCUT2D eigenvalue weighted by Crippen LogP contribution is -2.20. The summed E-state index contributed by atoms with van der Waals surface area (Å²) < 4.78 is 24.3. The fraction of sp³-hybridized carbons (Fsp3) is 0.583. The van der Waals surface area contributed by atoms with Gasteiger partial charge in [-0.05, 0) is 24.8 Å². The summed E-state index contributed by atoms with van der Waals surface area (Å²) >= 11 is 0. The Morgan fingerprint density at radius 1 is 1.32 bits per heavy atom. The highest BCUT2D eigenvalue weighted by molar-refractivity contribution is 7.89. The second-order valence-electron chi connectivity index (χ2n) is 5.13.